The maximum absolute atomic E-state index is 14.3. The molecule has 0 aliphatic carbocycles. The Morgan fingerprint density at radius 1 is 0.367 bits per heavy atom. The van der Waals surface area contributed by atoms with E-state index in [1.807, 2.05) is 0 Å². The molecule has 9 rings (SSSR count). The van der Waals surface area contributed by atoms with Gasteiger partial charge in [0.1, 0.15) is 11.4 Å². The Morgan fingerprint density at radius 2 is 0.717 bits per heavy atom. The van der Waals surface area contributed by atoms with Gasteiger partial charge in [0.25, 0.3) is 11.8 Å². The first-order valence-electron chi connectivity index (χ1n) is 16.8. The fraction of sp³-hybridized carbons (Fsp3) is 0.105. The predicted molar refractivity (Wildman–Crippen MR) is 185 cm³/mol. The van der Waals surface area contributed by atoms with E-state index in [0.29, 0.717) is 24.3 Å². The normalized spacial score (nSPS) is 13.0. The van der Waals surface area contributed by atoms with Crippen molar-refractivity contribution in [3.05, 3.63) is 107 Å². The summed E-state index contributed by atoms with van der Waals surface area (Å²) in [4.78, 5) is 16.1. The minimum absolute atomic E-state index is 0.117. The van der Waals surface area contributed by atoms with Crippen molar-refractivity contribution in [1.29, 1.82) is 0 Å². The number of hydrogen-bond donors (Lipinski definition) is 0. The fourth-order valence-electron chi connectivity index (χ4n) is 6.66. The first-order valence-corrected chi connectivity index (χ1v) is 16.8. The average Bonchev–Trinajstić information content (AvgIpc) is 3.90. The highest BCUT2D eigenvalue weighted by Crippen LogP contribution is 2.43. The number of rotatable bonds is 4. The molecule has 6 aromatic heterocycles. The number of hydrogen-bond acceptors (Lipinski definition) is 10. The van der Waals surface area contributed by atoms with Gasteiger partial charge in [-0.25, -0.2) is 9.97 Å². The highest BCUT2D eigenvalue weighted by atomic mass is 19.4. The van der Waals surface area contributed by atoms with E-state index >= 15 is 0 Å². The summed E-state index contributed by atoms with van der Waals surface area (Å²) in [7, 11) is 0. The molecular weight excluding hydrogens is 828 g/mol. The minimum atomic E-state index is -5.01. The van der Waals surface area contributed by atoms with E-state index in [-0.39, 0.29) is 22.9 Å². The lowest BCUT2D eigenvalue weighted by Gasteiger charge is -2.14. The van der Waals surface area contributed by atoms with E-state index in [9.17, 15) is 52.7 Å². The third-order valence-electron chi connectivity index (χ3n) is 9.25. The van der Waals surface area contributed by atoms with Crippen LogP contribution in [0.4, 0.5) is 52.7 Å². The molecule has 0 unspecified atom stereocenters. The van der Waals surface area contributed by atoms with Crippen molar-refractivity contribution in [3.63, 3.8) is 0 Å². The Labute approximate surface area is 323 Å². The second-order valence-corrected chi connectivity index (χ2v) is 12.9. The van der Waals surface area contributed by atoms with E-state index in [2.05, 4.69) is 40.3 Å². The molecule has 6 heterocycles. The van der Waals surface area contributed by atoms with Crippen LogP contribution < -0.4 is 0 Å². The molecule has 0 saturated heterocycles. The summed E-state index contributed by atoms with van der Waals surface area (Å²) in [6.45, 7) is 0. The summed E-state index contributed by atoms with van der Waals surface area (Å²) in [5.41, 5.74) is -7.63. The molecule has 0 fully saturated rings. The van der Waals surface area contributed by atoms with Crippen molar-refractivity contribution in [2.75, 3.05) is 0 Å². The lowest BCUT2D eigenvalue weighted by Crippen LogP contribution is -2.09. The zero-order chi connectivity index (χ0) is 42.5. The standard InChI is InChI=1S/C38H14F12N8O2/c39-35(40,41)21-8-10-51-27-17(21)4-6-19-23(37(45,46)47)13-25(53-29(19)27)33-57-55-31(59-33)15-2-1-3-16(12-15)32-56-58-34(60-32)26-14-24(38(48,49)50)20-7-5-18-22(36(42,43)44)9-11-52-28(18)30(20)54-26/h1-14H. The summed E-state index contributed by atoms with van der Waals surface area (Å²) in [6, 6.07) is 11.6. The third-order valence-corrected chi connectivity index (χ3v) is 9.25. The summed E-state index contributed by atoms with van der Waals surface area (Å²) in [5, 5.41) is 13.3. The second kappa shape index (κ2) is 13.1. The highest BCUT2D eigenvalue weighted by molar-refractivity contribution is 6.07. The Bertz CT molecular complexity index is 2980. The van der Waals surface area contributed by atoms with Gasteiger partial charge in [0.2, 0.25) is 11.8 Å². The third kappa shape index (κ3) is 6.52. The molecule has 10 nitrogen and oxygen atoms in total. The van der Waals surface area contributed by atoms with Crippen molar-refractivity contribution in [3.8, 4) is 46.1 Å². The van der Waals surface area contributed by atoms with Crippen LogP contribution in [0.5, 0.6) is 0 Å². The van der Waals surface area contributed by atoms with Crippen LogP contribution in [0.15, 0.2) is 94.0 Å². The molecule has 302 valence electrons. The van der Waals surface area contributed by atoms with Gasteiger partial charge in [-0.15, -0.1) is 20.4 Å². The molecule has 9 aromatic rings. The lowest BCUT2D eigenvalue weighted by molar-refractivity contribution is -0.137. The number of benzene rings is 3. The number of alkyl halides is 12. The van der Waals surface area contributed by atoms with Crippen LogP contribution in [0.1, 0.15) is 22.3 Å². The van der Waals surface area contributed by atoms with Crippen LogP contribution in [0.25, 0.3) is 89.7 Å². The van der Waals surface area contributed by atoms with Crippen LogP contribution in [0.3, 0.4) is 0 Å². The van der Waals surface area contributed by atoms with Gasteiger partial charge in [-0.1, -0.05) is 30.3 Å². The molecule has 22 heteroatoms. The molecule has 0 aliphatic rings. The van der Waals surface area contributed by atoms with Gasteiger partial charge in [-0.2, -0.15) is 52.7 Å². The van der Waals surface area contributed by atoms with Crippen LogP contribution in [-0.4, -0.2) is 40.3 Å². The Morgan fingerprint density at radius 3 is 1.08 bits per heavy atom. The topological polar surface area (TPSA) is 129 Å². The highest BCUT2D eigenvalue weighted by Gasteiger charge is 2.38. The quantitative estimate of drug-likeness (QED) is 0.125. The molecule has 0 radical (unpaired) electrons. The van der Waals surface area contributed by atoms with E-state index < -0.39 is 114 Å². The fourth-order valence-corrected chi connectivity index (χ4v) is 6.66. The molecule has 0 spiro atoms. The monoisotopic (exact) mass is 842 g/mol. The van der Waals surface area contributed by atoms with Gasteiger partial charge >= 0.3 is 24.7 Å². The summed E-state index contributed by atoms with van der Waals surface area (Å²) in [6.07, 6.45) is -18.1. The second-order valence-electron chi connectivity index (χ2n) is 12.9. The van der Waals surface area contributed by atoms with Gasteiger partial charge in [0, 0.05) is 45.1 Å². The Balaban J connectivity index is 1.10. The first kappa shape index (κ1) is 38.3. The molecule has 3 aromatic carbocycles. The smallest absolute Gasteiger partial charge is 0.415 e. The molecule has 60 heavy (non-hydrogen) atoms. The van der Waals surface area contributed by atoms with E-state index in [1.54, 1.807) is 0 Å². The maximum atomic E-state index is 14.3. The molecule has 0 aliphatic heterocycles. The maximum Gasteiger partial charge on any atom is 0.417 e. The lowest BCUT2D eigenvalue weighted by atomic mass is 10.0. The number of aromatic nitrogens is 8. The zero-order valence-corrected chi connectivity index (χ0v) is 29.0. The van der Waals surface area contributed by atoms with E-state index in [1.165, 1.54) is 24.3 Å². The van der Waals surface area contributed by atoms with Crippen molar-refractivity contribution in [2.24, 2.45) is 0 Å². The Hall–Kier alpha value is -7.26. The van der Waals surface area contributed by atoms with Gasteiger partial charge in [0.05, 0.1) is 44.3 Å². The van der Waals surface area contributed by atoms with Gasteiger partial charge in [0.15, 0.2) is 0 Å². The predicted octanol–water partition coefficient (Wildman–Crippen LogP) is 11.4. The molecule has 0 saturated carbocycles. The summed E-state index contributed by atoms with van der Waals surface area (Å²) in [5.74, 6) is -1.69. The summed E-state index contributed by atoms with van der Waals surface area (Å²) < 4.78 is 180. The first-order chi connectivity index (χ1) is 28.3. The molecule has 0 N–H and O–H groups in total. The van der Waals surface area contributed by atoms with Crippen LogP contribution in [0, 0.1) is 0 Å². The molecular formula is C38H14F12N8O2. The van der Waals surface area contributed by atoms with Gasteiger partial charge in [-0.3, -0.25) is 9.97 Å². The average molecular weight is 843 g/mol. The van der Waals surface area contributed by atoms with E-state index in [4.69, 9.17) is 8.83 Å². The number of pyridine rings is 4. The number of fused-ring (bicyclic) bond motifs is 6. The van der Waals surface area contributed by atoms with Crippen LogP contribution >= 0.6 is 0 Å². The van der Waals surface area contributed by atoms with Crippen LogP contribution in [-0.2, 0) is 24.7 Å². The number of nitrogens with zero attached hydrogens (tertiary/aromatic N) is 8. The van der Waals surface area contributed by atoms with Gasteiger partial charge in [-0.05, 0) is 42.5 Å². The van der Waals surface area contributed by atoms with Crippen molar-refractivity contribution >= 4 is 43.6 Å². The van der Waals surface area contributed by atoms with Crippen LogP contribution in [0.2, 0.25) is 0 Å². The van der Waals surface area contributed by atoms with Crippen molar-refractivity contribution in [1.82, 2.24) is 40.3 Å². The Kier molecular flexibility index (Phi) is 8.37. The van der Waals surface area contributed by atoms with Crippen molar-refractivity contribution in [2.45, 2.75) is 24.7 Å². The van der Waals surface area contributed by atoms with Crippen molar-refractivity contribution < 1.29 is 61.5 Å². The SMILES string of the molecule is FC(F)(F)c1ccnc2c1ccc1c(C(F)(F)F)cc(-c3nnc(-c4cccc(-c5nnc(-c6cc(C(F)(F)F)c7ccc8c(C(F)(F)F)ccnc8c7n6)o5)c4)o3)nc12. The molecule has 0 atom stereocenters. The van der Waals surface area contributed by atoms with Gasteiger partial charge < -0.3 is 8.83 Å². The largest absolute Gasteiger partial charge is 0.417 e. The van der Waals surface area contributed by atoms with E-state index in [0.717, 1.165) is 36.7 Å². The molecule has 0 amide bonds. The number of halogens is 12. The summed E-state index contributed by atoms with van der Waals surface area (Å²) >= 11 is 0. The molecule has 0 bridgehead atoms. The zero-order valence-electron chi connectivity index (χ0n) is 29.0. The minimum Gasteiger partial charge on any atom is -0.415 e.